The Balaban J connectivity index is 2.86. The molecule has 0 saturated heterocycles. The van der Waals surface area contributed by atoms with Crippen LogP contribution in [0.3, 0.4) is 0 Å². The van der Waals surface area contributed by atoms with Gasteiger partial charge < -0.3 is 5.73 Å². The summed E-state index contributed by atoms with van der Waals surface area (Å²) in [5.74, 6) is 0.391. The van der Waals surface area contributed by atoms with Crippen LogP contribution in [-0.4, -0.2) is 10.8 Å². The second-order valence-corrected chi connectivity index (χ2v) is 5.15. The second kappa shape index (κ2) is 4.45. The Morgan fingerprint density at radius 1 is 1.41 bits per heavy atom. The molecule has 3 N–H and O–H groups in total. The first-order valence-electron chi connectivity index (χ1n) is 5.44. The average Bonchev–Trinajstić information content (AvgIpc) is 2.28. The third kappa shape index (κ3) is 2.17. The molecule has 1 aromatic carbocycles. The van der Waals surface area contributed by atoms with Crippen molar-refractivity contribution in [1.29, 1.82) is 5.41 Å². The molecule has 2 aromatic rings. The fourth-order valence-electron chi connectivity index (χ4n) is 1.75. The zero-order valence-electron chi connectivity index (χ0n) is 9.79. The number of halogens is 1. The Kier molecular flexibility index (Phi) is 3.15. The van der Waals surface area contributed by atoms with Crippen molar-refractivity contribution in [1.82, 2.24) is 4.98 Å². The zero-order valence-corrected chi connectivity index (χ0v) is 11.4. The van der Waals surface area contributed by atoms with Gasteiger partial charge in [-0.25, -0.2) is 0 Å². The molecule has 0 bridgehead atoms. The highest BCUT2D eigenvalue weighted by Crippen LogP contribution is 2.27. The van der Waals surface area contributed by atoms with E-state index in [1.54, 1.807) is 0 Å². The Morgan fingerprint density at radius 3 is 2.71 bits per heavy atom. The van der Waals surface area contributed by atoms with Crippen molar-refractivity contribution in [2.24, 2.45) is 5.73 Å². The highest BCUT2D eigenvalue weighted by molar-refractivity contribution is 9.10. The topological polar surface area (TPSA) is 62.8 Å². The summed E-state index contributed by atoms with van der Waals surface area (Å²) in [7, 11) is 0. The lowest BCUT2D eigenvalue weighted by Crippen LogP contribution is -2.13. The molecule has 0 aliphatic rings. The van der Waals surface area contributed by atoms with Crippen LogP contribution in [0.5, 0.6) is 0 Å². The quantitative estimate of drug-likeness (QED) is 0.658. The molecule has 3 nitrogen and oxygen atoms in total. The fraction of sp³-hybridized carbons (Fsp3) is 0.231. The van der Waals surface area contributed by atoms with Gasteiger partial charge in [-0.05, 0) is 34.0 Å². The molecule has 88 valence electrons. The van der Waals surface area contributed by atoms with Crippen LogP contribution in [0.4, 0.5) is 0 Å². The Bertz CT molecular complexity index is 590. The van der Waals surface area contributed by atoms with Gasteiger partial charge in [0.05, 0.1) is 5.52 Å². The lowest BCUT2D eigenvalue weighted by atomic mass is 10.0. The van der Waals surface area contributed by atoms with Crippen LogP contribution in [0.1, 0.15) is 31.0 Å². The SMILES string of the molecule is CC(C)c1cc(C(=N)N)c2cccc(Br)c2n1. The first kappa shape index (κ1) is 12.0. The summed E-state index contributed by atoms with van der Waals surface area (Å²) in [5, 5.41) is 8.57. The van der Waals surface area contributed by atoms with Gasteiger partial charge in [0.25, 0.3) is 0 Å². The molecule has 0 fully saturated rings. The average molecular weight is 292 g/mol. The first-order valence-corrected chi connectivity index (χ1v) is 6.23. The number of nitrogens with two attached hydrogens (primary N) is 1. The summed E-state index contributed by atoms with van der Waals surface area (Å²) in [6.45, 7) is 4.16. The second-order valence-electron chi connectivity index (χ2n) is 4.30. The number of fused-ring (bicyclic) bond motifs is 1. The van der Waals surface area contributed by atoms with Crippen LogP contribution in [0.25, 0.3) is 10.9 Å². The normalized spacial score (nSPS) is 11.1. The molecule has 0 radical (unpaired) electrons. The summed E-state index contributed by atoms with van der Waals surface area (Å²) < 4.78 is 0.931. The number of aromatic nitrogens is 1. The minimum atomic E-state index is 0.0809. The van der Waals surface area contributed by atoms with Crippen LogP contribution in [0.15, 0.2) is 28.7 Å². The highest BCUT2D eigenvalue weighted by Gasteiger charge is 2.11. The Hall–Kier alpha value is -1.42. The van der Waals surface area contributed by atoms with Crippen molar-refractivity contribution < 1.29 is 0 Å². The van der Waals surface area contributed by atoms with Crippen LogP contribution in [-0.2, 0) is 0 Å². The van der Waals surface area contributed by atoms with Gasteiger partial charge in [-0.1, -0.05) is 26.0 Å². The van der Waals surface area contributed by atoms with E-state index < -0.39 is 0 Å². The van der Waals surface area contributed by atoms with E-state index in [0.29, 0.717) is 5.92 Å². The standard InChI is InChI=1S/C13H14BrN3/c1-7(2)11-6-9(13(15)16)8-4-3-5-10(14)12(8)17-11/h3-7H,1-2H3,(H3,15,16). The molecule has 0 aliphatic carbocycles. The molecule has 0 saturated carbocycles. The molecule has 0 aliphatic heterocycles. The minimum Gasteiger partial charge on any atom is -0.384 e. The number of para-hydroxylation sites is 1. The maximum atomic E-state index is 7.66. The molecule has 0 unspecified atom stereocenters. The van der Waals surface area contributed by atoms with E-state index in [2.05, 4.69) is 34.8 Å². The van der Waals surface area contributed by atoms with Crippen LogP contribution < -0.4 is 5.73 Å². The summed E-state index contributed by atoms with van der Waals surface area (Å²) in [6.07, 6.45) is 0. The van der Waals surface area contributed by atoms with Crippen LogP contribution >= 0.6 is 15.9 Å². The molecule has 0 spiro atoms. The zero-order chi connectivity index (χ0) is 12.6. The number of nitrogen functional groups attached to an aromatic ring is 1. The number of nitrogens with zero attached hydrogens (tertiary/aromatic N) is 1. The highest BCUT2D eigenvalue weighted by atomic mass is 79.9. The summed E-state index contributed by atoms with van der Waals surface area (Å²) in [6, 6.07) is 7.72. The van der Waals surface area contributed by atoms with Gasteiger partial charge in [-0.3, -0.25) is 10.4 Å². The third-order valence-electron chi connectivity index (χ3n) is 2.69. The number of rotatable bonds is 2. The van der Waals surface area contributed by atoms with Crippen molar-refractivity contribution in [2.75, 3.05) is 0 Å². The lowest BCUT2D eigenvalue weighted by Gasteiger charge is -2.11. The maximum Gasteiger partial charge on any atom is 0.123 e. The molecular weight excluding hydrogens is 278 g/mol. The van der Waals surface area contributed by atoms with Gasteiger partial charge in [0.2, 0.25) is 0 Å². The van der Waals surface area contributed by atoms with Gasteiger partial charge in [0.1, 0.15) is 5.84 Å². The van der Waals surface area contributed by atoms with Crippen molar-refractivity contribution in [3.8, 4) is 0 Å². The monoisotopic (exact) mass is 291 g/mol. The largest absolute Gasteiger partial charge is 0.384 e. The van der Waals surface area contributed by atoms with E-state index >= 15 is 0 Å². The molecule has 1 heterocycles. The molecular formula is C13H14BrN3. The smallest absolute Gasteiger partial charge is 0.123 e. The molecule has 0 amide bonds. The predicted octanol–water partition coefficient (Wildman–Crippen LogP) is 3.40. The Labute approximate surface area is 109 Å². The van der Waals surface area contributed by atoms with Crippen molar-refractivity contribution in [2.45, 2.75) is 19.8 Å². The lowest BCUT2D eigenvalue weighted by molar-refractivity contribution is 0.829. The Morgan fingerprint density at radius 2 is 2.12 bits per heavy atom. The molecule has 0 atom stereocenters. The number of pyridine rings is 1. The van der Waals surface area contributed by atoms with Crippen LogP contribution in [0.2, 0.25) is 0 Å². The van der Waals surface area contributed by atoms with E-state index in [1.807, 2.05) is 24.3 Å². The minimum absolute atomic E-state index is 0.0809. The predicted molar refractivity (Wildman–Crippen MR) is 74.5 cm³/mol. The fourth-order valence-corrected chi connectivity index (χ4v) is 2.21. The summed E-state index contributed by atoms with van der Waals surface area (Å²) >= 11 is 3.49. The van der Waals surface area contributed by atoms with Crippen molar-refractivity contribution >= 4 is 32.7 Å². The van der Waals surface area contributed by atoms with Gasteiger partial charge in [0.15, 0.2) is 0 Å². The van der Waals surface area contributed by atoms with Gasteiger partial charge in [-0.15, -0.1) is 0 Å². The first-order chi connectivity index (χ1) is 8.00. The molecule has 1 aromatic heterocycles. The number of amidine groups is 1. The summed E-state index contributed by atoms with van der Waals surface area (Å²) in [4.78, 5) is 4.62. The van der Waals surface area contributed by atoms with Crippen molar-refractivity contribution in [3.05, 3.63) is 40.0 Å². The molecule has 17 heavy (non-hydrogen) atoms. The van der Waals surface area contributed by atoms with Crippen molar-refractivity contribution in [3.63, 3.8) is 0 Å². The number of nitrogens with one attached hydrogen (secondary N) is 1. The van der Waals surface area contributed by atoms with E-state index in [9.17, 15) is 0 Å². The third-order valence-corrected chi connectivity index (χ3v) is 3.33. The van der Waals surface area contributed by atoms with E-state index in [4.69, 9.17) is 11.1 Å². The number of hydrogen-bond acceptors (Lipinski definition) is 2. The summed E-state index contributed by atoms with van der Waals surface area (Å²) in [5.41, 5.74) is 8.21. The van der Waals surface area contributed by atoms with Gasteiger partial charge in [-0.2, -0.15) is 0 Å². The van der Waals surface area contributed by atoms with E-state index in [1.165, 1.54) is 0 Å². The number of benzene rings is 1. The number of hydrogen-bond donors (Lipinski definition) is 2. The molecule has 2 rings (SSSR count). The van der Waals surface area contributed by atoms with E-state index in [-0.39, 0.29) is 5.84 Å². The molecule has 4 heteroatoms. The van der Waals surface area contributed by atoms with Gasteiger partial charge in [0, 0.05) is 21.1 Å². The maximum absolute atomic E-state index is 7.66. The van der Waals surface area contributed by atoms with Crippen LogP contribution in [0, 0.1) is 5.41 Å². The van der Waals surface area contributed by atoms with E-state index in [0.717, 1.165) is 26.6 Å². The van der Waals surface area contributed by atoms with Gasteiger partial charge >= 0.3 is 0 Å².